The molecule has 0 aromatic heterocycles. The number of alkyl carbamates (subject to hydrolysis) is 1. The van der Waals surface area contributed by atoms with Crippen LogP contribution in [0.1, 0.15) is 39.7 Å². The number of ether oxygens (including phenoxy) is 1. The van der Waals surface area contributed by atoms with Crippen LogP contribution in [0.3, 0.4) is 0 Å². The monoisotopic (exact) mass is 423 g/mol. The normalized spacial score (nSPS) is 20.1. The van der Waals surface area contributed by atoms with Crippen molar-refractivity contribution >= 4 is 28.5 Å². The average Bonchev–Trinajstić information content (AvgIpc) is 2.98. The van der Waals surface area contributed by atoms with Gasteiger partial charge in [-0.05, 0) is 46.8 Å². The van der Waals surface area contributed by atoms with Gasteiger partial charge in [-0.2, -0.15) is 8.42 Å². The number of amides is 3. The number of benzene rings is 1. The Morgan fingerprint density at radius 1 is 1.24 bits per heavy atom. The Kier molecular flexibility index (Phi) is 6.31. The van der Waals surface area contributed by atoms with Gasteiger partial charge in [-0.3, -0.25) is 0 Å². The van der Waals surface area contributed by atoms with Gasteiger partial charge in [0.1, 0.15) is 22.4 Å². The zero-order valence-corrected chi connectivity index (χ0v) is 18.0. The van der Waals surface area contributed by atoms with Gasteiger partial charge in [0, 0.05) is 12.5 Å². The smallest absolute Gasteiger partial charge is 0.443 e. The number of nitrogens with two attached hydrogens (primary N) is 1. The molecule has 0 fully saturated rings. The first-order valence-corrected chi connectivity index (χ1v) is 10.5. The van der Waals surface area contributed by atoms with E-state index in [1.807, 2.05) is 12.2 Å². The molecule has 1 heterocycles. The molecule has 1 aliphatic rings. The Bertz CT molecular complexity index is 959. The molecule has 9 nitrogen and oxygen atoms in total. The Morgan fingerprint density at radius 3 is 2.34 bits per heavy atom. The number of nitrogens with zero attached hydrogens (tertiary/aromatic N) is 2. The lowest BCUT2D eigenvalue weighted by Crippen LogP contribution is -2.57. The molecular weight excluding hydrogens is 396 g/mol. The van der Waals surface area contributed by atoms with E-state index in [-0.39, 0.29) is 17.4 Å². The number of nitrogens with one attached hydrogen (secondary N) is 1. The first kappa shape index (κ1) is 22.7. The molecule has 1 aromatic rings. The van der Waals surface area contributed by atoms with Crippen molar-refractivity contribution in [3.63, 3.8) is 0 Å². The molecule has 2 atom stereocenters. The Balaban J connectivity index is 2.49. The van der Waals surface area contributed by atoms with Gasteiger partial charge in [0.25, 0.3) is 0 Å². The molecular formula is C19H27N4O5S+. The molecule has 1 aliphatic heterocycles. The quantitative estimate of drug-likeness (QED) is 0.717. The predicted octanol–water partition coefficient (Wildman–Crippen LogP) is 2.77. The summed E-state index contributed by atoms with van der Waals surface area (Å²) in [5.74, 6) is 0. The molecule has 3 amide bonds. The molecule has 0 saturated heterocycles. The van der Waals surface area contributed by atoms with Gasteiger partial charge < -0.3 is 10.5 Å². The maximum absolute atomic E-state index is 13.4. The highest BCUT2D eigenvalue weighted by Crippen LogP contribution is 2.30. The van der Waals surface area contributed by atoms with E-state index in [1.54, 1.807) is 39.8 Å². The number of hydrogen-bond acceptors (Lipinski definition) is 7. The molecule has 0 radical (unpaired) electrons. The highest BCUT2D eigenvalue weighted by Gasteiger charge is 2.52. The lowest BCUT2D eigenvalue weighted by molar-refractivity contribution is -0.541. The van der Waals surface area contributed by atoms with Crippen molar-refractivity contribution in [3.8, 4) is 0 Å². The molecule has 29 heavy (non-hydrogen) atoms. The van der Waals surface area contributed by atoms with E-state index in [1.165, 1.54) is 18.3 Å². The molecule has 1 unspecified atom stereocenters. The van der Waals surface area contributed by atoms with E-state index in [0.29, 0.717) is 5.70 Å². The molecule has 0 spiro atoms. The van der Waals surface area contributed by atoms with Crippen LogP contribution >= 0.6 is 0 Å². The summed E-state index contributed by atoms with van der Waals surface area (Å²) in [6.45, 7) is 8.43. The van der Waals surface area contributed by atoms with Crippen molar-refractivity contribution in [2.24, 2.45) is 10.7 Å². The number of carbonyl (C=O) groups excluding carboxylic acids is 2. The Morgan fingerprint density at radius 2 is 1.83 bits per heavy atom. The number of sulfonamides is 1. The minimum atomic E-state index is -4.32. The van der Waals surface area contributed by atoms with Gasteiger partial charge in [0.2, 0.25) is 6.34 Å². The Labute approximate surface area is 170 Å². The molecule has 0 aliphatic carbocycles. The van der Waals surface area contributed by atoms with Crippen LogP contribution in [-0.2, 0) is 14.8 Å². The highest BCUT2D eigenvalue weighted by molar-refractivity contribution is 7.86. The molecule has 0 saturated carbocycles. The molecule has 158 valence electrons. The maximum atomic E-state index is 13.4. The summed E-state index contributed by atoms with van der Waals surface area (Å²) >= 11 is 0. The van der Waals surface area contributed by atoms with Crippen molar-refractivity contribution in [3.05, 3.63) is 41.7 Å². The van der Waals surface area contributed by atoms with E-state index < -0.39 is 31.6 Å². The molecule has 10 heteroatoms. The van der Waals surface area contributed by atoms with Crippen LogP contribution in [0.25, 0.3) is 0 Å². The van der Waals surface area contributed by atoms with Gasteiger partial charge >= 0.3 is 22.1 Å². The van der Waals surface area contributed by atoms with Crippen LogP contribution in [0.2, 0.25) is 0 Å². The number of imide groups is 1. The SMILES string of the molecule is Cc1ccc(S(=O)(=O)[N+]2(C(=O)NC(=O)OC(C)(C)C)C=NC(C[C@@H](C)N)=C2)cc1. The second-order valence-electron chi connectivity index (χ2n) is 7.98. The van der Waals surface area contributed by atoms with Crippen LogP contribution in [0.5, 0.6) is 0 Å². The maximum Gasteiger partial charge on any atom is 0.452 e. The third-order valence-electron chi connectivity index (χ3n) is 3.91. The fourth-order valence-corrected chi connectivity index (χ4v) is 4.12. The summed E-state index contributed by atoms with van der Waals surface area (Å²) in [7, 11) is -4.32. The summed E-state index contributed by atoms with van der Waals surface area (Å²) in [6, 6.07) is 4.62. The van der Waals surface area contributed by atoms with E-state index in [0.717, 1.165) is 11.9 Å². The van der Waals surface area contributed by atoms with Gasteiger partial charge in [0.05, 0.1) is 0 Å². The van der Waals surface area contributed by atoms with E-state index in [4.69, 9.17) is 10.5 Å². The van der Waals surface area contributed by atoms with Crippen LogP contribution in [-0.4, -0.2) is 42.4 Å². The molecule has 3 N–H and O–H groups in total. The standard InChI is InChI=1S/C19H26N4O5S/c1-13-6-8-16(9-7-13)29(26,27)23(11-15(21-12-23)10-14(2)20)17(24)22-18(25)28-19(3,4)5/h6-9,11-12,14H,10,20H2,1-5H3/p+1/t14-,23?/m1/s1. The fourth-order valence-electron chi connectivity index (χ4n) is 2.60. The fraction of sp³-hybridized carbons (Fsp3) is 0.421. The van der Waals surface area contributed by atoms with Gasteiger partial charge in [0.15, 0.2) is 0 Å². The first-order chi connectivity index (χ1) is 13.3. The van der Waals surface area contributed by atoms with Crippen molar-refractivity contribution in [2.45, 2.75) is 57.6 Å². The van der Waals surface area contributed by atoms with Gasteiger partial charge in [-0.1, -0.05) is 21.6 Å². The first-order valence-electron chi connectivity index (χ1n) is 9.04. The van der Waals surface area contributed by atoms with Crippen molar-refractivity contribution in [1.29, 1.82) is 0 Å². The minimum absolute atomic E-state index is 0.0906. The van der Waals surface area contributed by atoms with E-state index in [9.17, 15) is 18.0 Å². The van der Waals surface area contributed by atoms with Crippen LogP contribution in [0.4, 0.5) is 9.59 Å². The third-order valence-corrected chi connectivity index (χ3v) is 5.94. The van der Waals surface area contributed by atoms with E-state index >= 15 is 0 Å². The third kappa shape index (κ3) is 5.08. The van der Waals surface area contributed by atoms with E-state index in [2.05, 4.69) is 4.99 Å². The predicted molar refractivity (Wildman–Crippen MR) is 108 cm³/mol. The second-order valence-corrected chi connectivity index (χ2v) is 10.0. The number of aliphatic imine (C=N–C) groups is 1. The van der Waals surface area contributed by atoms with Crippen molar-refractivity contribution < 1.29 is 26.6 Å². The molecule has 1 aromatic carbocycles. The average molecular weight is 424 g/mol. The lowest BCUT2D eigenvalue weighted by atomic mass is 10.2. The van der Waals surface area contributed by atoms with Gasteiger partial charge in [-0.15, -0.1) is 0 Å². The zero-order valence-electron chi connectivity index (χ0n) is 17.2. The Hall–Kier alpha value is -2.56. The summed E-state index contributed by atoms with van der Waals surface area (Å²) in [4.78, 5) is 29.1. The van der Waals surface area contributed by atoms with Crippen molar-refractivity contribution in [2.75, 3.05) is 0 Å². The minimum Gasteiger partial charge on any atom is -0.443 e. The number of carbonyl (C=O) groups is 2. The van der Waals surface area contributed by atoms with Crippen LogP contribution in [0, 0.1) is 6.92 Å². The summed E-state index contributed by atoms with van der Waals surface area (Å²) in [5, 5.41) is 2.01. The summed E-state index contributed by atoms with van der Waals surface area (Å²) in [6.07, 6.45) is 1.37. The topological polar surface area (TPSA) is 128 Å². The highest BCUT2D eigenvalue weighted by atomic mass is 32.2. The largest absolute Gasteiger partial charge is 0.452 e. The van der Waals surface area contributed by atoms with Crippen LogP contribution in [0.15, 0.2) is 46.1 Å². The van der Waals surface area contributed by atoms with Crippen molar-refractivity contribution in [1.82, 2.24) is 5.32 Å². The number of urea groups is 1. The van der Waals surface area contributed by atoms with Gasteiger partial charge in [-0.25, -0.2) is 19.9 Å². The molecule has 2 rings (SSSR count). The molecule has 0 bridgehead atoms. The lowest BCUT2D eigenvalue weighted by Gasteiger charge is -2.24. The summed E-state index contributed by atoms with van der Waals surface area (Å²) < 4.78 is 30.6. The number of rotatable bonds is 4. The number of aryl methyl sites for hydroxylation is 1. The number of hydrogen-bond donors (Lipinski definition) is 2. The number of quaternary nitrogens is 1. The summed E-state index contributed by atoms with van der Waals surface area (Å²) in [5.41, 5.74) is 6.10. The zero-order chi connectivity index (χ0) is 22.0. The van der Waals surface area contributed by atoms with Crippen LogP contribution < -0.4 is 11.1 Å². The second kappa shape index (κ2) is 8.05.